The Labute approximate surface area is 112 Å². The molecule has 0 unspecified atom stereocenters. The summed E-state index contributed by atoms with van der Waals surface area (Å²) in [6.45, 7) is 1.99. The number of hydrogen-bond acceptors (Lipinski definition) is 5. The highest BCUT2D eigenvalue weighted by Gasteiger charge is 2.23. The van der Waals surface area contributed by atoms with E-state index >= 15 is 0 Å². The van der Waals surface area contributed by atoms with Crippen molar-refractivity contribution >= 4 is 15.7 Å². The topological polar surface area (TPSA) is 97.0 Å². The zero-order valence-electron chi connectivity index (χ0n) is 10.5. The van der Waals surface area contributed by atoms with Crippen LogP contribution in [0, 0.1) is 22.7 Å². The average Bonchev–Trinajstić information content (AvgIpc) is 2.39. The molecule has 100 valence electrons. The highest BCUT2D eigenvalue weighted by Crippen LogP contribution is 2.18. The predicted molar refractivity (Wildman–Crippen MR) is 70.6 cm³/mol. The Morgan fingerprint density at radius 1 is 1.16 bits per heavy atom. The minimum absolute atomic E-state index is 0.0691. The first-order valence-electron chi connectivity index (χ1n) is 5.64. The number of nitriles is 2. The van der Waals surface area contributed by atoms with Gasteiger partial charge in [0.25, 0.3) is 0 Å². The van der Waals surface area contributed by atoms with E-state index in [4.69, 9.17) is 10.5 Å². The number of hydrogen-bond donors (Lipinski definition) is 1. The third kappa shape index (κ3) is 3.68. The van der Waals surface area contributed by atoms with Gasteiger partial charge in [-0.25, -0.2) is 8.42 Å². The van der Waals surface area contributed by atoms with Crippen molar-refractivity contribution in [1.29, 1.82) is 10.5 Å². The van der Waals surface area contributed by atoms with Crippen LogP contribution in [0.3, 0.4) is 0 Å². The van der Waals surface area contributed by atoms with Crippen LogP contribution in [0.1, 0.15) is 6.92 Å². The Morgan fingerprint density at radius 3 is 2.11 bits per heavy atom. The van der Waals surface area contributed by atoms with E-state index in [0.29, 0.717) is 0 Å². The molecule has 0 spiro atoms. The lowest BCUT2D eigenvalue weighted by Gasteiger charge is -2.16. The van der Waals surface area contributed by atoms with E-state index in [9.17, 15) is 8.42 Å². The first kappa shape index (κ1) is 15.0. The standard InChI is InChI=1S/C12H14N4O2S/c1-2-15-11-3-5-12(6-4-11)19(17,18)16(9-7-13)10-8-14/h3-6,15H,2,9-10H2,1H3. The summed E-state index contributed by atoms with van der Waals surface area (Å²) in [5, 5.41) is 20.3. The fraction of sp³-hybridized carbons (Fsp3) is 0.333. The van der Waals surface area contributed by atoms with Gasteiger partial charge >= 0.3 is 0 Å². The van der Waals surface area contributed by atoms with Crippen molar-refractivity contribution in [2.75, 3.05) is 25.0 Å². The van der Waals surface area contributed by atoms with Crippen molar-refractivity contribution in [2.45, 2.75) is 11.8 Å². The molecule has 0 bridgehead atoms. The number of benzene rings is 1. The van der Waals surface area contributed by atoms with E-state index in [1.165, 1.54) is 12.1 Å². The molecule has 0 fully saturated rings. The molecule has 0 aromatic heterocycles. The maximum Gasteiger partial charge on any atom is 0.244 e. The largest absolute Gasteiger partial charge is 0.385 e. The van der Waals surface area contributed by atoms with Crippen molar-refractivity contribution in [2.24, 2.45) is 0 Å². The maximum absolute atomic E-state index is 12.2. The normalized spacial score (nSPS) is 10.7. The van der Waals surface area contributed by atoms with Crippen LogP contribution < -0.4 is 5.32 Å². The van der Waals surface area contributed by atoms with E-state index in [1.54, 1.807) is 24.3 Å². The Balaban J connectivity index is 3.05. The molecule has 0 aliphatic heterocycles. The molecule has 0 amide bonds. The Kier molecular flexibility index (Phi) is 5.31. The van der Waals surface area contributed by atoms with Crippen molar-refractivity contribution in [3.05, 3.63) is 24.3 Å². The van der Waals surface area contributed by atoms with Crippen molar-refractivity contribution in [3.8, 4) is 12.1 Å². The molecule has 1 rings (SSSR count). The van der Waals surface area contributed by atoms with Crippen molar-refractivity contribution < 1.29 is 8.42 Å². The van der Waals surface area contributed by atoms with Gasteiger partial charge in [-0.3, -0.25) is 0 Å². The first-order valence-corrected chi connectivity index (χ1v) is 7.08. The van der Waals surface area contributed by atoms with E-state index in [2.05, 4.69) is 5.32 Å². The zero-order chi connectivity index (χ0) is 14.3. The van der Waals surface area contributed by atoms with Crippen LogP contribution in [0.5, 0.6) is 0 Å². The Morgan fingerprint density at radius 2 is 1.68 bits per heavy atom. The summed E-state index contributed by atoms with van der Waals surface area (Å²) in [4.78, 5) is 0.0691. The minimum Gasteiger partial charge on any atom is -0.385 e. The lowest BCUT2D eigenvalue weighted by Crippen LogP contribution is -2.31. The Hall–Kier alpha value is -2.09. The Bertz CT molecular complexity index is 580. The van der Waals surface area contributed by atoms with Gasteiger partial charge in [-0.1, -0.05) is 0 Å². The van der Waals surface area contributed by atoms with E-state index in [0.717, 1.165) is 16.5 Å². The number of rotatable bonds is 6. The molecule has 1 aromatic carbocycles. The molecule has 0 saturated heterocycles. The molecule has 0 atom stereocenters. The highest BCUT2D eigenvalue weighted by atomic mass is 32.2. The monoisotopic (exact) mass is 278 g/mol. The van der Waals surface area contributed by atoms with Gasteiger partial charge in [0.1, 0.15) is 13.1 Å². The second-order valence-corrected chi connectivity index (χ2v) is 5.58. The van der Waals surface area contributed by atoms with E-state index < -0.39 is 10.0 Å². The third-order valence-electron chi connectivity index (χ3n) is 2.37. The minimum atomic E-state index is -3.80. The molecule has 6 nitrogen and oxygen atoms in total. The molecule has 0 aliphatic carbocycles. The SMILES string of the molecule is CCNc1ccc(S(=O)(=O)N(CC#N)CC#N)cc1. The predicted octanol–water partition coefficient (Wildman–Crippen LogP) is 1.16. The average molecular weight is 278 g/mol. The first-order chi connectivity index (χ1) is 9.06. The molecule has 1 N–H and O–H groups in total. The summed E-state index contributed by atoms with van der Waals surface area (Å²) in [6, 6.07) is 9.69. The highest BCUT2D eigenvalue weighted by molar-refractivity contribution is 7.89. The lowest BCUT2D eigenvalue weighted by atomic mass is 10.3. The zero-order valence-corrected chi connectivity index (χ0v) is 11.3. The van der Waals surface area contributed by atoms with Crippen molar-refractivity contribution in [3.63, 3.8) is 0 Å². The molecule has 0 saturated carbocycles. The molecule has 1 aromatic rings. The fourth-order valence-corrected chi connectivity index (χ4v) is 2.72. The molecular weight excluding hydrogens is 264 g/mol. The lowest BCUT2D eigenvalue weighted by molar-refractivity contribution is 0.479. The summed E-state index contributed by atoms with van der Waals surface area (Å²) in [5.74, 6) is 0. The fourth-order valence-electron chi connectivity index (χ4n) is 1.48. The smallest absolute Gasteiger partial charge is 0.244 e. The van der Waals surface area contributed by atoms with Crippen LogP contribution in [0.2, 0.25) is 0 Å². The molecule has 0 heterocycles. The van der Waals surface area contributed by atoms with Crippen LogP contribution in [0.25, 0.3) is 0 Å². The van der Waals surface area contributed by atoms with Gasteiger partial charge in [-0.2, -0.15) is 14.8 Å². The van der Waals surface area contributed by atoms with E-state index in [1.807, 2.05) is 6.92 Å². The van der Waals surface area contributed by atoms with E-state index in [-0.39, 0.29) is 18.0 Å². The van der Waals surface area contributed by atoms with Gasteiger partial charge in [-0.15, -0.1) is 0 Å². The van der Waals surface area contributed by atoms with Crippen LogP contribution in [-0.4, -0.2) is 32.4 Å². The number of anilines is 1. The summed E-state index contributed by atoms with van der Waals surface area (Å²) in [7, 11) is -3.80. The van der Waals surface area contributed by atoms with Crippen LogP contribution >= 0.6 is 0 Å². The van der Waals surface area contributed by atoms with Gasteiger partial charge in [-0.05, 0) is 31.2 Å². The number of nitrogens with one attached hydrogen (secondary N) is 1. The molecule has 19 heavy (non-hydrogen) atoms. The van der Waals surface area contributed by atoms with Crippen LogP contribution in [0.15, 0.2) is 29.2 Å². The van der Waals surface area contributed by atoms with Gasteiger partial charge in [0, 0.05) is 12.2 Å². The van der Waals surface area contributed by atoms with Gasteiger partial charge in [0.05, 0.1) is 17.0 Å². The quantitative estimate of drug-likeness (QED) is 0.787. The number of sulfonamides is 1. The van der Waals surface area contributed by atoms with Crippen LogP contribution in [0.4, 0.5) is 5.69 Å². The second-order valence-electron chi connectivity index (χ2n) is 3.64. The second kappa shape index (κ2) is 6.74. The van der Waals surface area contributed by atoms with Crippen LogP contribution in [-0.2, 0) is 10.0 Å². The number of nitrogens with zero attached hydrogens (tertiary/aromatic N) is 3. The summed E-state index contributed by atoms with van der Waals surface area (Å²) >= 11 is 0. The summed E-state index contributed by atoms with van der Waals surface area (Å²) in [5.41, 5.74) is 0.813. The van der Waals surface area contributed by atoms with Crippen molar-refractivity contribution in [1.82, 2.24) is 4.31 Å². The molecule has 0 radical (unpaired) electrons. The maximum atomic E-state index is 12.2. The molecule has 7 heteroatoms. The summed E-state index contributed by atoms with van der Waals surface area (Å²) in [6.07, 6.45) is 0. The summed E-state index contributed by atoms with van der Waals surface area (Å²) < 4.78 is 25.2. The van der Waals surface area contributed by atoms with Gasteiger partial charge in [0.15, 0.2) is 0 Å². The molecule has 0 aliphatic rings. The van der Waals surface area contributed by atoms with Gasteiger partial charge in [0.2, 0.25) is 10.0 Å². The third-order valence-corrected chi connectivity index (χ3v) is 4.17. The van der Waals surface area contributed by atoms with Gasteiger partial charge < -0.3 is 5.32 Å². The molecular formula is C12H14N4O2S.